The Morgan fingerprint density at radius 1 is 1.19 bits per heavy atom. The van der Waals surface area contributed by atoms with E-state index in [4.69, 9.17) is 4.74 Å². The first-order valence-electron chi connectivity index (χ1n) is 8.46. The molecule has 7 heteroatoms. The molecule has 0 bridgehead atoms. The molecule has 3 heterocycles. The van der Waals surface area contributed by atoms with Crippen molar-refractivity contribution in [3.05, 3.63) is 66.5 Å². The van der Waals surface area contributed by atoms with Gasteiger partial charge in [-0.1, -0.05) is 18.2 Å². The summed E-state index contributed by atoms with van der Waals surface area (Å²) in [6.07, 6.45) is 5.39. The molecular formula is C19H19N5O2. The van der Waals surface area contributed by atoms with Crippen molar-refractivity contribution < 1.29 is 9.53 Å². The molecule has 0 N–H and O–H groups in total. The summed E-state index contributed by atoms with van der Waals surface area (Å²) >= 11 is 0. The maximum Gasteiger partial charge on any atom is 0.223 e. The molecule has 4 rings (SSSR count). The van der Waals surface area contributed by atoms with Crippen LogP contribution in [0.1, 0.15) is 23.7 Å². The molecule has 3 aromatic rings. The molecule has 1 fully saturated rings. The van der Waals surface area contributed by atoms with Crippen LogP contribution >= 0.6 is 0 Å². The van der Waals surface area contributed by atoms with E-state index in [1.165, 1.54) is 6.33 Å². The fourth-order valence-electron chi connectivity index (χ4n) is 3.35. The second-order valence-electron chi connectivity index (χ2n) is 6.22. The van der Waals surface area contributed by atoms with Crippen LogP contribution in [0.2, 0.25) is 0 Å². The van der Waals surface area contributed by atoms with Gasteiger partial charge >= 0.3 is 0 Å². The monoisotopic (exact) mass is 349 g/mol. The number of pyridine rings is 1. The summed E-state index contributed by atoms with van der Waals surface area (Å²) in [5.41, 5.74) is 1.89. The van der Waals surface area contributed by atoms with Gasteiger partial charge in [-0.25, -0.2) is 9.67 Å². The zero-order chi connectivity index (χ0) is 17.9. The number of hydrogen-bond donors (Lipinski definition) is 0. The Labute approximate surface area is 151 Å². The molecule has 1 aromatic carbocycles. The number of likely N-dealkylation sites (tertiary alicyclic amines) is 1. The number of para-hydroxylation sites is 1. The predicted octanol–water partition coefficient (Wildman–Crippen LogP) is 2.19. The Bertz CT molecular complexity index is 909. The molecule has 26 heavy (non-hydrogen) atoms. The lowest BCUT2D eigenvalue weighted by Crippen LogP contribution is -2.25. The molecule has 1 aliphatic rings. The highest BCUT2D eigenvalue weighted by atomic mass is 16.5. The maximum absolute atomic E-state index is 12.5. The summed E-state index contributed by atoms with van der Waals surface area (Å²) in [6, 6.07) is 11.5. The third-order valence-corrected chi connectivity index (χ3v) is 4.61. The lowest BCUT2D eigenvalue weighted by atomic mass is 10.1. The third kappa shape index (κ3) is 3.03. The quantitative estimate of drug-likeness (QED) is 0.706. The normalized spacial score (nSPS) is 16.9. The van der Waals surface area contributed by atoms with Crippen LogP contribution < -0.4 is 4.74 Å². The van der Waals surface area contributed by atoms with Crippen LogP contribution in [0.25, 0.3) is 5.69 Å². The van der Waals surface area contributed by atoms with Crippen LogP contribution in [0.3, 0.4) is 0 Å². The number of methoxy groups -OCH3 is 1. The van der Waals surface area contributed by atoms with Crippen molar-refractivity contribution in [2.24, 2.45) is 0 Å². The van der Waals surface area contributed by atoms with Gasteiger partial charge in [0.1, 0.15) is 17.9 Å². The lowest BCUT2D eigenvalue weighted by Gasteiger charge is -2.18. The second-order valence-corrected chi connectivity index (χ2v) is 6.22. The Morgan fingerprint density at radius 2 is 2.00 bits per heavy atom. The van der Waals surface area contributed by atoms with Gasteiger partial charge in [-0.15, -0.1) is 0 Å². The molecule has 0 spiro atoms. The highest BCUT2D eigenvalue weighted by Gasteiger charge is 2.34. The molecule has 132 valence electrons. The number of carbonyl (C=O) groups is 1. The summed E-state index contributed by atoms with van der Waals surface area (Å²) in [4.78, 5) is 22.9. The van der Waals surface area contributed by atoms with E-state index in [1.807, 2.05) is 41.3 Å². The molecule has 0 radical (unpaired) electrons. The Morgan fingerprint density at radius 3 is 2.81 bits per heavy atom. The van der Waals surface area contributed by atoms with Gasteiger partial charge in [0.15, 0.2) is 0 Å². The van der Waals surface area contributed by atoms with Crippen molar-refractivity contribution >= 4 is 5.91 Å². The number of aromatic nitrogens is 4. The Balaban J connectivity index is 1.55. The Hall–Kier alpha value is -3.22. The standard InChI is InChI=1S/C19H19N5O2/c1-26-17-5-3-2-4-14(17)11-23-12-15(10-18(23)25)19-21-13-22-24(19)16-6-8-20-9-7-16/h2-9,13,15H,10-12H2,1H3/t15-/m1/s1. The van der Waals surface area contributed by atoms with Crippen LogP contribution in [0, 0.1) is 0 Å². The van der Waals surface area contributed by atoms with Crippen molar-refractivity contribution in [1.82, 2.24) is 24.6 Å². The summed E-state index contributed by atoms with van der Waals surface area (Å²) in [5.74, 6) is 1.72. The van der Waals surface area contributed by atoms with E-state index >= 15 is 0 Å². The molecule has 0 saturated carbocycles. The highest BCUT2D eigenvalue weighted by molar-refractivity contribution is 5.79. The Kier molecular flexibility index (Phi) is 4.35. The van der Waals surface area contributed by atoms with E-state index < -0.39 is 0 Å². The van der Waals surface area contributed by atoms with Gasteiger partial charge in [0.2, 0.25) is 5.91 Å². The SMILES string of the molecule is COc1ccccc1CN1C[C@H](c2ncnn2-c2ccncc2)CC1=O. The van der Waals surface area contributed by atoms with Crippen LogP contribution in [0.15, 0.2) is 55.1 Å². The molecule has 1 amide bonds. The predicted molar refractivity (Wildman–Crippen MR) is 94.9 cm³/mol. The average molecular weight is 349 g/mol. The van der Waals surface area contributed by atoms with E-state index in [-0.39, 0.29) is 11.8 Å². The van der Waals surface area contributed by atoms with Gasteiger partial charge in [0, 0.05) is 43.4 Å². The number of nitrogens with zero attached hydrogens (tertiary/aromatic N) is 5. The molecule has 1 saturated heterocycles. The van der Waals surface area contributed by atoms with Crippen LogP contribution in [0.5, 0.6) is 5.75 Å². The zero-order valence-corrected chi connectivity index (χ0v) is 14.4. The zero-order valence-electron chi connectivity index (χ0n) is 14.4. The number of hydrogen-bond acceptors (Lipinski definition) is 5. The van der Waals surface area contributed by atoms with E-state index in [2.05, 4.69) is 15.1 Å². The summed E-state index contributed by atoms with van der Waals surface area (Å²) in [5, 5.41) is 4.32. The number of rotatable bonds is 5. The first-order valence-corrected chi connectivity index (χ1v) is 8.46. The fourth-order valence-corrected chi connectivity index (χ4v) is 3.35. The second kappa shape index (κ2) is 6.95. The molecular weight excluding hydrogens is 330 g/mol. The van der Waals surface area contributed by atoms with E-state index in [1.54, 1.807) is 24.2 Å². The van der Waals surface area contributed by atoms with Crippen LogP contribution in [-0.4, -0.2) is 44.2 Å². The molecule has 1 atom stereocenters. The molecule has 0 unspecified atom stereocenters. The summed E-state index contributed by atoms with van der Waals surface area (Å²) in [6.45, 7) is 1.14. The first-order chi connectivity index (χ1) is 12.8. The van der Waals surface area contributed by atoms with Crippen molar-refractivity contribution in [3.63, 3.8) is 0 Å². The summed E-state index contributed by atoms with van der Waals surface area (Å²) < 4.78 is 7.18. The number of ether oxygens (including phenoxy) is 1. The highest BCUT2D eigenvalue weighted by Crippen LogP contribution is 2.30. The van der Waals surface area contributed by atoms with Gasteiger partial charge in [0.25, 0.3) is 0 Å². The van der Waals surface area contributed by atoms with Crippen molar-refractivity contribution in [1.29, 1.82) is 0 Å². The molecule has 7 nitrogen and oxygen atoms in total. The van der Waals surface area contributed by atoms with Gasteiger partial charge in [-0.05, 0) is 18.2 Å². The van der Waals surface area contributed by atoms with Gasteiger partial charge in [0.05, 0.1) is 12.8 Å². The third-order valence-electron chi connectivity index (χ3n) is 4.61. The smallest absolute Gasteiger partial charge is 0.223 e. The first kappa shape index (κ1) is 16.3. The fraction of sp³-hybridized carbons (Fsp3) is 0.263. The van der Waals surface area contributed by atoms with Gasteiger partial charge < -0.3 is 9.64 Å². The van der Waals surface area contributed by atoms with Crippen molar-refractivity contribution in [3.8, 4) is 11.4 Å². The molecule has 2 aromatic heterocycles. The van der Waals surface area contributed by atoms with Gasteiger partial charge in [-0.3, -0.25) is 9.78 Å². The number of amides is 1. The van der Waals surface area contributed by atoms with E-state index in [0.29, 0.717) is 19.5 Å². The van der Waals surface area contributed by atoms with Crippen LogP contribution in [0.4, 0.5) is 0 Å². The van der Waals surface area contributed by atoms with Crippen molar-refractivity contribution in [2.75, 3.05) is 13.7 Å². The molecule has 1 aliphatic heterocycles. The minimum absolute atomic E-state index is 0.00729. The van der Waals surface area contributed by atoms with E-state index in [9.17, 15) is 4.79 Å². The average Bonchev–Trinajstić information content (AvgIpc) is 3.30. The van der Waals surface area contributed by atoms with Crippen molar-refractivity contribution in [2.45, 2.75) is 18.9 Å². The molecule has 0 aliphatic carbocycles. The summed E-state index contributed by atoms with van der Waals surface area (Å²) in [7, 11) is 1.64. The number of benzene rings is 1. The minimum atomic E-state index is 0.00729. The maximum atomic E-state index is 12.5. The van der Waals surface area contributed by atoms with Gasteiger partial charge in [-0.2, -0.15) is 5.10 Å². The largest absolute Gasteiger partial charge is 0.496 e. The minimum Gasteiger partial charge on any atom is -0.496 e. The lowest BCUT2D eigenvalue weighted by molar-refractivity contribution is -0.128. The van der Waals surface area contributed by atoms with E-state index in [0.717, 1.165) is 22.8 Å². The number of carbonyl (C=O) groups excluding carboxylic acids is 1. The van der Waals surface area contributed by atoms with Crippen LogP contribution in [-0.2, 0) is 11.3 Å². The topological polar surface area (TPSA) is 73.1 Å².